The van der Waals surface area contributed by atoms with Crippen LogP contribution in [0.15, 0.2) is 12.2 Å². The Morgan fingerprint density at radius 1 is 1.22 bits per heavy atom. The number of phosphoric ester groups is 1. The average Bonchev–Trinajstić information content (AvgIpc) is 2.24. The highest BCUT2D eigenvalue weighted by molar-refractivity contribution is 7.48. The van der Waals surface area contributed by atoms with Gasteiger partial charge in [0.15, 0.2) is 0 Å². The first-order valence-corrected chi connectivity index (χ1v) is 7.27. The number of ether oxygens (including phenoxy) is 1. The van der Waals surface area contributed by atoms with E-state index in [0.717, 1.165) is 0 Å². The van der Waals surface area contributed by atoms with Gasteiger partial charge in [-0.05, 0) is 26.8 Å². The number of carbonyl (C=O) groups excluding carboxylic acids is 1. The van der Waals surface area contributed by atoms with Gasteiger partial charge in [-0.15, -0.1) is 0 Å². The van der Waals surface area contributed by atoms with Gasteiger partial charge in [0.2, 0.25) is 0 Å². The monoisotopic (exact) mass is 280 g/mol. The number of hydrogen-bond acceptors (Lipinski definition) is 6. The fourth-order valence-electron chi connectivity index (χ4n) is 1.11. The van der Waals surface area contributed by atoms with E-state index in [-0.39, 0.29) is 31.9 Å². The minimum atomic E-state index is -3.47. The second-order valence-corrected chi connectivity index (χ2v) is 4.99. The standard InChI is InChI=1S/C11H21O6P/c1-5-14-18(13,15-6-2)16-9-7-8-10(3)17-11(4)12/h7-8,10H,5-6,9H2,1-4H3/b8-7-/t10-/m1/s1. The minimum Gasteiger partial charge on any atom is -0.459 e. The third-order valence-electron chi connectivity index (χ3n) is 1.66. The van der Waals surface area contributed by atoms with E-state index >= 15 is 0 Å². The Morgan fingerprint density at radius 3 is 2.22 bits per heavy atom. The first-order chi connectivity index (χ1) is 8.43. The van der Waals surface area contributed by atoms with Gasteiger partial charge in [-0.25, -0.2) is 4.57 Å². The summed E-state index contributed by atoms with van der Waals surface area (Å²) in [5, 5.41) is 0. The molecule has 0 spiro atoms. The molecule has 7 heteroatoms. The van der Waals surface area contributed by atoms with E-state index in [1.165, 1.54) is 6.92 Å². The molecule has 0 aliphatic rings. The molecule has 0 aliphatic carbocycles. The van der Waals surface area contributed by atoms with Crippen LogP contribution < -0.4 is 0 Å². The molecule has 0 radical (unpaired) electrons. The van der Waals surface area contributed by atoms with Gasteiger partial charge in [0.05, 0.1) is 19.8 Å². The average molecular weight is 280 g/mol. The summed E-state index contributed by atoms with van der Waals surface area (Å²) in [6, 6.07) is 0. The summed E-state index contributed by atoms with van der Waals surface area (Å²) < 4.78 is 31.6. The molecule has 0 rings (SSSR count). The van der Waals surface area contributed by atoms with Crippen molar-refractivity contribution in [3.05, 3.63) is 12.2 Å². The maximum Gasteiger partial charge on any atom is 0.475 e. The van der Waals surface area contributed by atoms with Crippen molar-refractivity contribution in [1.29, 1.82) is 0 Å². The lowest BCUT2D eigenvalue weighted by Gasteiger charge is -2.15. The summed E-state index contributed by atoms with van der Waals surface area (Å²) in [4.78, 5) is 10.6. The van der Waals surface area contributed by atoms with Gasteiger partial charge in [-0.1, -0.05) is 6.08 Å². The number of esters is 1. The number of rotatable bonds is 9. The zero-order valence-corrected chi connectivity index (χ0v) is 12.1. The third kappa shape index (κ3) is 8.42. The topological polar surface area (TPSA) is 71.1 Å². The Bertz CT molecular complexity index is 305. The molecule has 0 aliphatic heterocycles. The predicted octanol–water partition coefficient (Wildman–Crippen LogP) is 2.69. The summed E-state index contributed by atoms with van der Waals surface area (Å²) in [5.41, 5.74) is 0. The van der Waals surface area contributed by atoms with Crippen LogP contribution in [-0.2, 0) is 27.7 Å². The lowest BCUT2D eigenvalue weighted by Crippen LogP contribution is -2.09. The van der Waals surface area contributed by atoms with Crippen LogP contribution >= 0.6 is 7.82 Å². The fourth-order valence-corrected chi connectivity index (χ4v) is 2.24. The van der Waals surface area contributed by atoms with Crippen LogP contribution in [-0.4, -0.2) is 31.9 Å². The maximum absolute atomic E-state index is 11.8. The molecule has 18 heavy (non-hydrogen) atoms. The van der Waals surface area contributed by atoms with E-state index in [0.29, 0.717) is 0 Å². The van der Waals surface area contributed by atoms with Crippen molar-refractivity contribution in [2.24, 2.45) is 0 Å². The first kappa shape index (κ1) is 17.3. The summed E-state index contributed by atoms with van der Waals surface area (Å²) in [6.07, 6.45) is 2.87. The normalized spacial score (nSPS) is 13.8. The van der Waals surface area contributed by atoms with Gasteiger partial charge in [-0.2, -0.15) is 0 Å². The first-order valence-electron chi connectivity index (χ1n) is 5.81. The van der Waals surface area contributed by atoms with Gasteiger partial charge >= 0.3 is 13.8 Å². The molecule has 0 aromatic carbocycles. The van der Waals surface area contributed by atoms with Gasteiger partial charge in [0.1, 0.15) is 6.10 Å². The zero-order valence-electron chi connectivity index (χ0n) is 11.3. The molecule has 0 N–H and O–H groups in total. The number of carbonyl (C=O) groups is 1. The smallest absolute Gasteiger partial charge is 0.459 e. The molecule has 0 unspecified atom stereocenters. The zero-order chi connectivity index (χ0) is 14.0. The van der Waals surface area contributed by atoms with Gasteiger partial charge in [0, 0.05) is 6.92 Å². The van der Waals surface area contributed by atoms with Crippen molar-refractivity contribution in [3.63, 3.8) is 0 Å². The van der Waals surface area contributed by atoms with E-state index in [1.807, 2.05) is 0 Å². The summed E-state index contributed by atoms with van der Waals surface area (Å²) in [5.74, 6) is -0.359. The Morgan fingerprint density at radius 2 is 1.78 bits per heavy atom. The largest absolute Gasteiger partial charge is 0.475 e. The second-order valence-electron chi connectivity index (χ2n) is 3.32. The summed E-state index contributed by atoms with van der Waals surface area (Å²) in [6.45, 7) is 6.99. The molecule has 0 saturated carbocycles. The van der Waals surface area contributed by atoms with Crippen molar-refractivity contribution in [3.8, 4) is 0 Å². The van der Waals surface area contributed by atoms with E-state index in [2.05, 4.69) is 0 Å². The Kier molecular flexibility index (Phi) is 8.93. The maximum atomic E-state index is 11.8. The number of hydrogen-bond donors (Lipinski definition) is 0. The molecule has 106 valence electrons. The highest BCUT2D eigenvalue weighted by Crippen LogP contribution is 2.48. The van der Waals surface area contributed by atoms with Crippen LogP contribution in [0.1, 0.15) is 27.7 Å². The van der Waals surface area contributed by atoms with E-state index < -0.39 is 7.82 Å². The van der Waals surface area contributed by atoms with Crippen LogP contribution in [0.3, 0.4) is 0 Å². The van der Waals surface area contributed by atoms with E-state index in [4.69, 9.17) is 18.3 Å². The van der Waals surface area contributed by atoms with Gasteiger partial charge in [0.25, 0.3) is 0 Å². The second kappa shape index (κ2) is 9.28. The third-order valence-corrected chi connectivity index (χ3v) is 3.28. The van der Waals surface area contributed by atoms with Crippen molar-refractivity contribution < 1.29 is 27.7 Å². The van der Waals surface area contributed by atoms with E-state index in [1.54, 1.807) is 32.9 Å². The van der Waals surface area contributed by atoms with E-state index in [9.17, 15) is 9.36 Å². The molecule has 0 bridgehead atoms. The van der Waals surface area contributed by atoms with Crippen molar-refractivity contribution in [1.82, 2.24) is 0 Å². The Balaban J connectivity index is 4.09. The molecule has 0 aromatic rings. The van der Waals surface area contributed by atoms with Crippen molar-refractivity contribution in [2.45, 2.75) is 33.8 Å². The Hall–Kier alpha value is -0.680. The predicted molar refractivity (Wildman–Crippen MR) is 67.2 cm³/mol. The lowest BCUT2D eigenvalue weighted by atomic mass is 10.3. The lowest BCUT2D eigenvalue weighted by molar-refractivity contribution is -0.143. The molecule has 0 aromatic heterocycles. The molecule has 6 nitrogen and oxygen atoms in total. The van der Waals surface area contributed by atoms with Crippen molar-refractivity contribution in [2.75, 3.05) is 19.8 Å². The number of phosphoric acid groups is 1. The molecule has 1 atom stereocenters. The quantitative estimate of drug-likeness (QED) is 0.367. The van der Waals surface area contributed by atoms with Crippen LogP contribution in [0.2, 0.25) is 0 Å². The fraction of sp³-hybridized carbons (Fsp3) is 0.727. The highest BCUT2D eigenvalue weighted by atomic mass is 31.2. The van der Waals surface area contributed by atoms with Gasteiger partial charge in [-0.3, -0.25) is 18.4 Å². The Labute approximate surface area is 108 Å². The van der Waals surface area contributed by atoms with Crippen LogP contribution in [0, 0.1) is 0 Å². The molecular formula is C11H21O6P. The summed E-state index contributed by atoms with van der Waals surface area (Å²) in [7, 11) is -3.47. The van der Waals surface area contributed by atoms with Gasteiger partial charge < -0.3 is 4.74 Å². The van der Waals surface area contributed by atoms with Crippen LogP contribution in [0.5, 0.6) is 0 Å². The van der Waals surface area contributed by atoms with Crippen LogP contribution in [0.4, 0.5) is 0 Å². The SMILES string of the molecule is CCOP(=O)(OCC)OC/C=C\[C@@H](C)OC(C)=O. The molecule has 0 saturated heterocycles. The molecule has 0 heterocycles. The minimum absolute atomic E-state index is 0.0584. The van der Waals surface area contributed by atoms with Crippen LogP contribution in [0.25, 0.3) is 0 Å². The molecule has 0 fully saturated rings. The highest BCUT2D eigenvalue weighted by Gasteiger charge is 2.24. The summed E-state index contributed by atoms with van der Waals surface area (Å²) >= 11 is 0. The van der Waals surface area contributed by atoms with Crippen molar-refractivity contribution >= 4 is 13.8 Å². The molecular weight excluding hydrogens is 259 g/mol. The molecule has 0 amide bonds.